The van der Waals surface area contributed by atoms with Gasteiger partial charge in [0.15, 0.2) is 0 Å². The van der Waals surface area contributed by atoms with Crippen LogP contribution < -0.4 is 4.74 Å². The van der Waals surface area contributed by atoms with E-state index in [9.17, 15) is 4.79 Å². The Labute approximate surface area is 106 Å². The van der Waals surface area contributed by atoms with Crippen LogP contribution in [0, 0.1) is 6.92 Å². The molecule has 2 rings (SSSR count). The molecule has 3 heteroatoms. The summed E-state index contributed by atoms with van der Waals surface area (Å²) in [5.74, 6) is 0.494. The molecule has 2 aromatic carbocycles. The molecule has 0 heterocycles. The molecule has 0 amide bonds. The summed E-state index contributed by atoms with van der Waals surface area (Å²) in [5.41, 5.74) is 3.05. The molecule has 3 nitrogen and oxygen atoms in total. The van der Waals surface area contributed by atoms with Crippen LogP contribution in [0.2, 0.25) is 0 Å². The number of methoxy groups -OCH3 is 1. The van der Waals surface area contributed by atoms with E-state index in [1.165, 1.54) is 12.7 Å². The van der Waals surface area contributed by atoms with Crippen molar-refractivity contribution in [2.75, 3.05) is 7.11 Å². The minimum absolute atomic E-state index is 0.494. The van der Waals surface area contributed by atoms with Crippen molar-refractivity contribution in [2.24, 2.45) is 0 Å². The summed E-state index contributed by atoms with van der Waals surface area (Å²) in [6, 6.07) is 15.4. The van der Waals surface area contributed by atoms with E-state index in [1.807, 2.05) is 49.4 Å². The van der Waals surface area contributed by atoms with Gasteiger partial charge in [0.1, 0.15) is 5.75 Å². The number of hydrogen-bond donors (Lipinski definition) is 0. The Bertz CT molecular complexity index is 544. The largest absolute Gasteiger partial charge is 0.513 e. The van der Waals surface area contributed by atoms with E-state index < -0.39 is 6.16 Å². The van der Waals surface area contributed by atoms with Gasteiger partial charge in [0.25, 0.3) is 0 Å². The van der Waals surface area contributed by atoms with Gasteiger partial charge in [-0.15, -0.1) is 0 Å². The maximum Gasteiger partial charge on any atom is 0.513 e. The van der Waals surface area contributed by atoms with E-state index in [0.29, 0.717) is 5.75 Å². The van der Waals surface area contributed by atoms with E-state index in [-0.39, 0.29) is 0 Å². The third-order valence-electron chi connectivity index (χ3n) is 2.61. The van der Waals surface area contributed by atoms with E-state index >= 15 is 0 Å². The number of ether oxygens (including phenoxy) is 2. The van der Waals surface area contributed by atoms with Gasteiger partial charge >= 0.3 is 6.16 Å². The summed E-state index contributed by atoms with van der Waals surface area (Å²) in [6.45, 7) is 2.03. The third kappa shape index (κ3) is 2.69. The Balaban J connectivity index is 2.38. The normalized spacial score (nSPS) is 9.89. The van der Waals surface area contributed by atoms with Crippen molar-refractivity contribution in [3.05, 3.63) is 54.1 Å². The van der Waals surface area contributed by atoms with Gasteiger partial charge in [0, 0.05) is 5.56 Å². The number of benzene rings is 2. The van der Waals surface area contributed by atoms with Crippen molar-refractivity contribution < 1.29 is 14.3 Å². The third-order valence-corrected chi connectivity index (χ3v) is 2.61. The average molecular weight is 242 g/mol. The summed E-state index contributed by atoms with van der Waals surface area (Å²) in [7, 11) is 1.29. The van der Waals surface area contributed by atoms with Crippen LogP contribution in [0.1, 0.15) is 5.56 Å². The van der Waals surface area contributed by atoms with Crippen LogP contribution in [0.4, 0.5) is 4.79 Å². The van der Waals surface area contributed by atoms with Crippen molar-refractivity contribution in [3.63, 3.8) is 0 Å². The summed E-state index contributed by atoms with van der Waals surface area (Å²) in [6.07, 6.45) is -0.713. The molecule has 0 N–H and O–H groups in total. The molecule has 0 spiro atoms. The van der Waals surface area contributed by atoms with Crippen LogP contribution in [-0.2, 0) is 4.74 Å². The van der Waals surface area contributed by atoms with E-state index in [1.54, 1.807) is 6.07 Å². The molecule has 2 aromatic rings. The molecule has 0 aromatic heterocycles. The summed E-state index contributed by atoms with van der Waals surface area (Å²) >= 11 is 0. The SMILES string of the molecule is COC(=O)Oc1ccccc1-c1ccc(C)cc1. The first-order valence-electron chi connectivity index (χ1n) is 5.62. The van der Waals surface area contributed by atoms with E-state index in [2.05, 4.69) is 4.74 Å². The van der Waals surface area contributed by atoms with Crippen LogP contribution in [0.5, 0.6) is 5.75 Å². The Hall–Kier alpha value is -2.29. The Morgan fingerprint density at radius 3 is 2.33 bits per heavy atom. The van der Waals surface area contributed by atoms with Crippen LogP contribution >= 0.6 is 0 Å². The molecule has 0 saturated heterocycles. The highest BCUT2D eigenvalue weighted by atomic mass is 16.7. The smallest absolute Gasteiger partial charge is 0.437 e. The molecule has 0 aliphatic heterocycles. The van der Waals surface area contributed by atoms with Gasteiger partial charge in [-0.25, -0.2) is 4.79 Å². The molecular weight excluding hydrogens is 228 g/mol. The van der Waals surface area contributed by atoms with E-state index in [4.69, 9.17) is 4.74 Å². The van der Waals surface area contributed by atoms with E-state index in [0.717, 1.165) is 11.1 Å². The fourth-order valence-electron chi connectivity index (χ4n) is 1.66. The Kier molecular flexibility index (Phi) is 3.63. The van der Waals surface area contributed by atoms with Crippen LogP contribution in [-0.4, -0.2) is 13.3 Å². The molecule has 0 fully saturated rings. The quantitative estimate of drug-likeness (QED) is 0.593. The monoisotopic (exact) mass is 242 g/mol. The molecular formula is C15H14O3. The topological polar surface area (TPSA) is 35.5 Å². The molecule has 0 aliphatic carbocycles. The lowest BCUT2D eigenvalue weighted by molar-refractivity contribution is 0.121. The summed E-state index contributed by atoms with van der Waals surface area (Å²) in [4.78, 5) is 11.2. The number of para-hydroxylation sites is 1. The Morgan fingerprint density at radius 1 is 1.00 bits per heavy atom. The fourth-order valence-corrected chi connectivity index (χ4v) is 1.66. The second-order valence-electron chi connectivity index (χ2n) is 3.92. The highest BCUT2D eigenvalue weighted by molar-refractivity contribution is 5.74. The Morgan fingerprint density at radius 2 is 1.67 bits per heavy atom. The second kappa shape index (κ2) is 5.36. The summed E-state index contributed by atoms with van der Waals surface area (Å²) in [5, 5.41) is 0. The maximum atomic E-state index is 11.2. The van der Waals surface area contributed by atoms with Gasteiger partial charge in [0.2, 0.25) is 0 Å². The van der Waals surface area contributed by atoms with Crippen molar-refractivity contribution in [1.29, 1.82) is 0 Å². The van der Waals surface area contributed by atoms with Gasteiger partial charge in [-0.1, -0.05) is 48.0 Å². The van der Waals surface area contributed by atoms with Crippen LogP contribution in [0.25, 0.3) is 11.1 Å². The molecule has 0 aliphatic rings. The number of carbonyl (C=O) groups excluding carboxylic acids is 1. The van der Waals surface area contributed by atoms with Crippen LogP contribution in [0.15, 0.2) is 48.5 Å². The van der Waals surface area contributed by atoms with Gasteiger partial charge in [-0.3, -0.25) is 0 Å². The lowest BCUT2D eigenvalue weighted by Crippen LogP contribution is -2.07. The molecule has 0 atom stereocenters. The van der Waals surface area contributed by atoms with Gasteiger partial charge < -0.3 is 9.47 Å². The predicted octanol–water partition coefficient (Wildman–Crippen LogP) is 3.81. The second-order valence-corrected chi connectivity index (χ2v) is 3.92. The first-order chi connectivity index (χ1) is 8.70. The predicted molar refractivity (Wildman–Crippen MR) is 69.6 cm³/mol. The van der Waals surface area contributed by atoms with Gasteiger partial charge in [-0.05, 0) is 18.6 Å². The van der Waals surface area contributed by atoms with Crippen LogP contribution in [0.3, 0.4) is 0 Å². The standard InChI is InChI=1S/C15H14O3/c1-11-7-9-12(10-8-11)13-5-3-4-6-14(13)18-15(16)17-2/h3-10H,1-2H3. The molecule has 0 unspecified atom stereocenters. The number of rotatable bonds is 2. The first kappa shape index (κ1) is 12.2. The summed E-state index contributed by atoms with van der Waals surface area (Å²) < 4.78 is 9.62. The average Bonchev–Trinajstić information content (AvgIpc) is 2.40. The number of aryl methyl sites for hydroxylation is 1. The zero-order chi connectivity index (χ0) is 13.0. The lowest BCUT2D eigenvalue weighted by atomic mass is 10.0. The minimum atomic E-state index is -0.713. The van der Waals surface area contributed by atoms with Crippen molar-refractivity contribution in [1.82, 2.24) is 0 Å². The fraction of sp³-hybridized carbons (Fsp3) is 0.133. The number of carbonyl (C=O) groups is 1. The first-order valence-corrected chi connectivity index (χ1v) is 5.62. The molecule has 0 radical (unpaired) electrons. The van der Waals surface area contributed by atoms with Crippen molar-refractivity contribution >= 4 is 6.16 Å². The van der Waals surface area contributed by atoms with Gasteiger partial charge in [-0.2, -0.15) is 0 Å². The highest BCUT2D eigenvalue weighted by Crippen LogP contribution is 2.30. The zero-order valence-electron chi connectivity index (χ0n) is 10.3. The minimum Gasteiger partial charge on any atom is -0.437 e. The lowest BCUT2D eigenvalue weighted by Gasteiger charge is -2.09. The van der Waals surface area contributed by atoms with Gasteiger partial charge in [0.05, 0.1) is 7.11 Å². The molecule has 92 valence electrons. The zero-order valence-corrected chi connectivity index (χ0v) is 10.3. The molecule has 0 saturated carbocycles. The maximum absolute atomic E-state index is 11.2. The molecule has 0 bridgehead atoms. The van der Waals surface area contributed by atoms with Crippen molar-refractivity contribution in [3.8, 4) is 16.9 Å². The molecule has 18 heavy (non-hydrogen) atoms. The van der Waals surface area contributed by atoms with Crippen molar-refractivity contribution in [2.45, 2.75) is 6.92 Å². The number of hydrogen-bond acceptors (Lipinski definition) is 3. The highest BCUT2D eigenvalue weighted by Gasteiger charge is 2.09.